The Morgan fingerprint density at radius 1 is 0.918 bits per heavy atom. The van der Waals surface area contributed by atoms with E-state index in [9.17, 15) is 22.8 Å². The topological polar surface area (TPSA) is 164 Å². The molecule has 0 saturated carbocycles. The Morgan fingerprint density at radius 3 is 2.27 bits per heavy atom. The number of guanidine groups is 1. The largest absolute Gasteiger partial charge is 0.457 e. The minimum atomic E-state index is -4.48. The van der Waals surface area contributed by atoms with E-state index in [4.69, 9.17) is 45.1 Å². The highest BCUT2D eigenvalue weighted by molar-refractivity contribution is 6.34. The number of fused-ring (bicyclic) bond motifs is 1. The van der Waals surface area contributed by atoms with E-state index in [2.05, 4.69) is 15.3 Å². The fourth-order valence-corrected chi connectivity index (χ4v) is 5.12. The molecule has 0 unspecified atom stereocenters. The van der Waals surface area contributed by atoms with Crippen LogP contribution in [-0.2, 0) is 24.1 Å². The summed E-state index contributed by atoms with van der Waals surface area (Å²) in [6, 6.07) is 21.2. The molecular weight excluding hydrogens is 682 g/mol. The summed E-state index contributed by atoms with van der Waals surface area (Å²) in [7, 11) is 0. The van der Waals surface area contributed by atoms with Crippen LogP contribution in [0.1, 0.15) is 34.8 Å². The van der Waals surface area contributed by atoms with Crippen molar-refractivity contribution in [2.75, 3.05) is 6.54 Å². The summed E-state index contributed by atoms with van der Waals surface area (Å²) in [6.07, 6.45) is -3.49. The minimum Gasteiger partial charge on any atom is -0.457 e. The number of carbonyl (C=O) groups is 2. The molecule has 0 saturated heterocycles. The number of rotatable bonds is 10. The van der Waals surface area contributed by atoms with Gasteiger partial charge in [-0.25, -0.2) is 4.98 Å². The van der Waals surface area contributed by atoms with Crippen molar-refractivity contribution in [2.24, 2.45) is 22.2 Å². The van der Waals surface area contributed by atoms with Crippen molar-refractivity contribution in [3.63, 3.8) is 0 Å². The molecule has 49 heavy (non-hydrogen) atoms. The molecule has 0 aliphatic heterocycles. The van der Waals surface area contributed by atoms with Gasteiger partial charge in [-0.05, 0) is 72.6 Å². The van der Waals surface area contributed by atoms with Crippen LogP contribution in [0.2, 0.25) is 10.0 Å². The van der Waals surface area contributed by atoms with Crippen LogP contribution in [0.5, 0.6) is 11.5 Å². The lowest BCUT2D eigenvalue weighted by molar-refractivity contribution is -0.137. The summed E-state index contributed by atoms with van der Waals surface area (Å²) in [4.78, 5) is 33.2. The number of hydrogen-bond acceptors (Lipinski definition) is 5. The number of alkyl halides is 3. The molecule has 0 bridgehead atoms. The Kier molecular flexibility index (Phi) is 12.1. The first-order valence-corrected chi connectivity index (χ1v) is 15.5. The first kappa shape index (κ1) is 36.6. The predicted molar refractivity (Wildman–Crippen MR) is 184 cm³/mol. The average molecular weight is 715 g/mol. The predicted octanol–water partition coefficient (Wildman–Crippen LogP) is 6.91. The van der Waals surface area contributed by atoms with E-state index in [1.807, 2.05) is 6.92 Å². The van der Waals surface area contributed by atoms with Crippen molar-refractivity contribution in [3.05, 3.63) is 112 Å². The number of nitrogens with zero attached hydrogens (tertiary/aromatic N) is 3. The summed E-state index contributed by atoms with van der Waals surface area (Å²) in [5.41, 5.74) is 16.8. The minimum absolute atomic E-state index is 0.104. The SMILES string of the molecule is CCCN=C(N)N.NC(=O)Cn1c(-c2cccc(Oc3cc(Cl)cc(Cl)c3)c2)nc2cc(C(=O)NCc3cccc(C(F)(F)F)c3)ccc21. The lowest BCUT2D eigenvalue weighted by Crippen LogP contribution is -2.23. The molecule has 0 aliphatic carbocycles. The van der Waals surface area contributed by atoms with Crippen molar-refractivity contribution in [1.82, 2.24) is 14.9 Å². The van der Waals surface area contributed by atoms with Gasteiger partial charge in [0.2, 0.25) is 5.91 Å². The van der Waals surface area contributed by atoms with Crippen molar-refractivity contribution in [2.45, 2.75) is 32.6 Å². The van der Waals surface area contributed by atoms with Crippen LogP contribution in [0.25, 0.3) is 22.4 Å². The van der Waals surface area contributed by atoms with Gasteiger partial charge in [-0.2, -0.15) is 13.2 Å². The molecule has 4 aromatic carbocycles. The Bertz CT molecular complexity index is 1970. The number of aromatic nitrogens is 2. The Morgan fingerprint density at radius 2 is 1.63 bits per heavy atom. The van der Waals surface area contributed by atoms with E-state index >= 15 is 0 Å². The molecule has 10 nitrogen and oxygen atoms in total. The molecule has 15 heteroatoms. The number of imidazole rings is 1. The third-order valence-electron chi connectivity index (χ3n) is 6.71. The molecule has 1 aromatic heterocycles. The molecule has 2 amide bonds. The lowest BCUT2D eigenvalue weighted by Gasteiger charge is -2.10. The fourth-order valence-electron chi connectivity index (χ4n) is 4.61. The number of hydrogen-bond donors (Lipinski definition) is 4. The number of carbonyl (C=O) groups excluding carboxylic acids is 2. The number of benzene rings is 4. The van der Waals surface area contributed by atoms with E-state index in [-0.39, 0.29) is 24.6 Å². The van der Waals surface area contributed by atoms with Crippen LogP contribution in [0.3, 0.4) is 0 Å². The molecule has 0 fully saturated rings. The number of ether oxygens (including phenoxy) is 1. The van der Waals surface area contributed by atoms with Crippen molar-refractivity contribution >= 4 is 52.0 Å². The normalized spacial score (nSPS) is 11.0. The molecule has 256 valence electrons. The van der Waals surface area contributed by atoms with Crippen LogP contribution in [0, 0.1) is 0 Å². The molecule has 0 spiro atoms. The van der Waals surface area contributed by atoms with Crippen molar-refractivity contribution in [3.8, 4) is 22.9 Å². The highest BCUT2D eigenvalue weighted by Gasteiger charge is 2.30. The number of nitrogens with one attached hydrogen (secondary N) is 1. The van der Waals surface area contributed by atoms with Crippen LogP contribution in [0.15, 0.2) is 89.9 Å². The summed E-state index contributed by atoms with van der Waals surface area (Å²) in [6.45, 7) is 2.48. The van der Waals surface area contributed by atoms with Crippen LogP contribution < -0.4 is 27.3 Å². The maximum atomic E-state index is 13.0. The lowest BCUT2D eigenvalue weighted by atomic mass is 10.1. The number of aliphatic imine (C=N–C) groups is 1. The van der Waals surface area contributed by atoms with Gasteiger partial charge in [0.15, 0.2) is 5.96 Å². The molecule has 0 atom stereocenters. The van der Waals surface area contributed by atoms with E-state index in [0.717, 1.165) is 25.1 Å². The smallest absolute Gasteiger partial charge is 0.416 e. The van der Waals surface area contributed by atoms with Crippen molar-refractivity contribution in [1.29, 1.82) is 0 Å². The standard InChI is InChI=1S/C30H21Cl2F3N4O3.C4H11N3/c31-21-12-22(32)14-24(13-21)42-23-6-2-4-18(10-23)28-38-25-11-19(7-8-26(25)39(28)16-27(36)40)29(41)37-15-17-3-1-5-20(9-17)30(33,34)35;1-2-3-7-4(5)6/h1-14H,15-16H2,(H2,36,40)(H,37,41);2-3H2,1H3,(H4,5,6,7). The van der Waals surface area contributed by atoms with Crippen LogP contribution in [-0.4, -0.2) is 33.9 Å². The van der Waals surface area contributed by atoms with Crippen LogP contribution in [0.4, 0.5) is 13.2 Å². The second-order valence-corrected chi connectivity index (χ2v) is 11.5. The van der Waals surface area contributed by atoms with Gasteiger partial charge in [-0.15, -0.1) is 0 Å². The fraction of sp³-hybridized carbons (Fsp3) is 0.176. The second-order valence-electron chi connectivity index (χ2n) is 10.6. The maximum Gasteiger partial charge on any atom is 0.416 e. The quantitative estimate of drug-likeness (QED) is 0.0908. The van der Waals surface area contributed by atoms with Gasteiger partial charge < -0.3 is 31.8 Å². The maximum absolute atomic E-state index is 13.0. The zero-order chi connectivity index (χ0) is 35.7. The van der Waals surface area contributed by atoms with E-state index in [1.54, 1.807) is 53.1 Å². The van der Waals surface area contributed by atoms with E-state index < -0.39 is 23.6 Å². The summed E-state index contributed by atoms with van der Waals surface area (Å²) >= 11 is 12.2. The van der Waals surface area contributed by atoms with Crippen molar-refractivity contribution < 1.29 is 27.5 Å². The number of nitrogens with two attached hydrogens (primary N) is 3. The summed E-state index contributed by atoms with van der Waals surface area (Å²) in [5.74, 6) is 0.367. The molecule has 1 heterocycles. The van der Waals surface area contributed by atoms with Gasteiger partial charge in [0, 0.05) is 34.3 Å². The zero-order valence-electron chi connectivity index (χ0n) is 26.1. The highest BCUT2D eigenvalue weighted by Crippen LogP contribution is 2.33. The van der Waals surface area contributed by atoms with Gasteiger partial charge in [0.1, 0.15) is 23.9 Å². The number of primary amides is 1. The number of halogens is 5. The molecule has 5 rings (SSSR count). The van der Waals surface area contributed by atoms with Gasteiger partial charge in [-0.3, -0.25) is 14.6 Å². The second kappa shape index (κ2) is 16.2. The third kappa shape index (κ3) is 10.4. The van der Waals surface area contributed by atoms with Crippen LogP contribution >= 0.6 is 23.2 Å². The van der Waals surface area contributed by atoms with Gasteiger partial charge >= 0.3 is 6.18 Å². The Hall–Kier alpha value is -5.27. The molecule has 0 aliphatic rings. The molecule has 7 N–H and O–H groups in total. The first-order chi connectivity index (χ1) is 23.2. The monoisotopic (exact) mass is 713 g/mol. The zero-order valence-corrected chi connectivity index (χ0v) is 27.6. The highest BCUT2D eigenvalue weighted by atomic mass is 35.5. The van der Waals surface area contributed by atoms with E-state index in [0.29, 0.717) is 49.5 Å². The first-order valence-electron chi connectivity index (χ1n) is 14.8. The molecule has 5 aromatic rings. The summed E-state index contributed by atoms with van der Waals surface area (Å²) in [5, 5.41) is 3.45. The molecular formula is C34H32Cl2F3N7O3. The van der Waals surface area contributed by atoms with Gasteiger partial charge in [-0.1, -0.05) is 54.4 Å². The average Bonchev–Trinajstić information content (AvgIpc) is 3.39. The van der Waals surface area contributed by atoms with Gasteiger partial charge in [0.25, 0.3) is 5.91 Å². The third-order valence-corrected chi connectivity index (χ3v) is 7.15. The van der Waals surface area contributed by atoms with Gasteiger partial charge in [0.05, 0.1) is 16.6 Å². The number of amides is 2. The summed E-state index contributed by atoms with van der Waals surface area (Å²) < 4.78 is 46.6. The van der Waals surface area contributed by atoms with E-state index in [1.165, 1.54) is 24.3 Å². The Labute approximate surface area is 289 Å². The molecule has 0 radical (unpaired) electrons. The Balaban J connectivity index is 0.000000698.